The Balaban J connectivity index is 1.75. The van der Waals surface area contributed by atoms with Gasteiger partial charge < -0.3 is 14.4 Å². The van der Waals surface area contributed by atoms with E-state index in [1.54, 1.807) is 6.20 Å². The van der Waals surface area contributed by atoms with Crippen molar-refractivity contribution in [3.05, 3.63) is 18.1 Å². The maximum atomic E-state index is 11.3. The number of carbonyl (C=O) groups is 1. The maximum absolute atomic E-state index is 11.3. The number of morpholine rings is 1. The van der Waals surface area contributed by atoms with Crippen LogP contribution in [0.25, 0.3) is 0 Å². The molecule has 1 aromatic rings. The third-order valence-corrected chi connectivity index (χ3v) is 3.40. The molecule has 0 aliphatic carbocycles. The quantitative estimate of drug-likeness (QED) is 0.716. The highest BCUT2D eigenvalue weighted by Gasteiger charge is 2.34. The van der Waals surface area contributed by atoms with Crippen LogP contribution in [-0.4, -0.2) is 48.3 Å². The van der Waals surface area contributed by atoms with Crippen LogP contribution < -0.4 is 4.90 Å². The molecule has 6 nitrogen and oxygen atoms in total. The second kappa shape index (κ2) is 4.53. The summed E-state index contributed by atoms with van der Waals surface area (Å²) in [4.78, 5) is 21.8. The van der Waals surface area contributed by atoms with E-state index in [0.717, 1.165) is 31.7 Å². The van der Waals surface area contributed by atoms with Crippen molar-refractivity contribution in [3.8, 4) is 0 Å². The number of ether oxygens (including phenoxy) is 2. The first-order valence-corrected chi connectivity index (χ1v) is 6.07. The van der Waals surface area contributed by atoms with Gasteiger partial charge in [-0.2, -0.15) is 0 Å². The summed E-state index contributed by atoms with van der Waals surface area (Å²) < 4.78 is 10.4. The largest absolute Gasteiger partial charge is 0.464 e. The Labute approximate surface area is 105 Å². The number of hydrogen-bond donors (Lipinski definition) is 0. The first kappa shape index (κ1) is 11.4. The molecule has 3 rings (SSSR count). The minimum atomic E-state index is -0.462. The number of aromatic nitrogens is 2. The number of anilines is 1. The van der Waals surface area contributed by atoms with Gasteiger partial charge in [0, 0.05) is 13.1 Å². The molecule has 2 aliphatic heterocycles. The Bertz CT molecular complexity index is 436. The lowest BCUT2D eigenvalue weighted by molar-refractivity contribution is 0.0302. The highest BCUT2D eigenvalue weighted by molar-refractivity contribution is 5.86. The van der Waals surface area contributed by atoms with Gasteiger partial charge in [0.05, 0.1) is 31.7 Å². The lowest BCUT2D eigenvalue weighted by Crippen LogP contribution is -2.43. The van der Waals surface area contributed by atoms with Gasteiger partial charge in [0.1, 0.15) is 5.82 Å². The van der Waals surface area contributed by atoms with Gasteiger partial charge in [-0.05, 0) is 12.8 Å². The second-order valence-corrected chi connectivity index (χ2v) is 4.61. The standard InChI is InChI=1S/C12H15N3O3/c1-17-12(16)10-4-14-11(5-13-10)15-6-8-2-3-9(7-15)18-8/h4-5,8-9H,2-3,6-7H2,1H3. The molecule has 0 radical (unpaired) electrons. The summed E-state index contributed by atoms with van der Waals surface area (Å²) in [5, 5.41) is 0. The van der Waals surface area contributed by atoms with E-state index in [0.29, 0.717) is 12.2 Å². The number of rotatable bonds is 2. The molecule has 2 bridgehead atoms. The van der Waals surface area contributed by atoms with Gasteiger partial charge in [-0.25, -0.2) is 14.8 Å². The fraction of sp³-hybridized carbons (Fsp3) is 0.583. The van der Waals surface area contributed by atoms with Crippen LogP contribution in [-0.2, 0) is 9.47 Å². The minimum absolute atomic E-state index is 0.234. The highest BCUT2D eigenvalue weighted by Crippen LogP contribution is 2.28. The molecule has 1 aromatic heterocycles. The molecular formula is C12H15N3O3. The van der Waals surface area contributed by atoms with Crippen LogP contribution in [0, 0.1) is 0 Å². The van der Waals surface area contributed by atoms with Gasteiger partial charge in [-0.15, -0.1) is 0 Å². The lowest BCUT2D eigenvalue weighted by Gasteiger charge is -2.32. The van der Waals surface area contributed by atoms with Crippen molar-refractivity contribution in [2.45, 2.75) is 25.0 Å². The molecular weight excluding hydrogens is 234 g/mol. The molecule has 0 aromatic carbocycles. The SMILES string of the molecule is COC(=O)c1cnc(N2CC3CCC(C2)O3)cn1. The molecule has 0 saturated carbocycles. The summed E-state index contributed by atoms with van der Waals surface area (Å²) in [6.45, 7) is 1.70. The number of methoxy groups -OCH3 is 1. The Morgan fingerprint density at radius 1 is 1.33 bits per heavy atom. The predicted octanol–water partition coefficient (Wildman–Crippen LogP) is 0.631. The number of fused-ring (bicyclic) bond motifs is 2. The van der Waals surface area contributed by atoms with Crippen molar-refractivity contribution < 1.29 is 14.3 Å². The zero-order valence-corrected chi connectivity index (χ0v) is 10.2. The molecule has 0 amide bonds. The Hall–Kier alpha value is -1.69. The van der Waals surface area contributed by atoms with E-state index in [1.807, 2.05) is 0 Å². The van der Waals surface area contributed by atoms with E-state index in [4.69, 9.17) is 4.74 Å². The zero-order valence-electron chi connectivity index (χ0n) is 10.2. The molecule has 2 atom stereocenters. The summed E-state index contributed by atoms with van der Waals surface area (Å²) in [7, 11) is 1.33. The van der Waals surface area contributed by atoms with Crippen LogP contribution >= 0.6 is 0 Å². The van der Waals surface area contributed by atoms with Crippen molar-refractivity contribution in [1.82, 2.24) is 9.97 Å². The highest BCUT2D eigenvalue weighted by atomic mass is 16.5. The fourth-order valence-corrected chi connectivity index (χ4v) is 2.50. The molecule has 2 fully saturated rings. The molecule has 2 unspecified atom stereocenters. The van der Waals surface area contributed by atoms with Crippen molar-refractivity contribution in [2.24, 2.45) is 0 Å². The van der Waals surface area contributed by atoms with Gasteiger partial charge in [0.25, 0.3) is 0 Å². The van der Waals surface area contributed by atoms with Gasteiger partial charge in [-0.3, -0.25) is 0 Å². The molecule has 0 N–H and O–H groups in total. The first-order chi connectivity index (χ1) is 8.76. The summed E-state index contributed by atoms with van der Waals surface area (Å²) >= 11 is 0. The molecule has 3 heterocycles. The van der Waals surface area contributed by atoms with E-state index < -0.39 is 5.97 Å². The maximum Gasteiger partial charge on any atom is 0.358 e. The Morgan fingerprint density at radius 2 is 2.06 bits per heavy atom. The second-order valence-electron chi connectivity index (χ2n) is 4.61. The molecule has 96 valence electrons. The topological polar surface area (TPSA) is 64.5 Å². The van der Waals surface area contributed by atoms with Gasteiger partial charge >= 0.3 is 5.97 Å². The fourth-order valence-electron chi connectivity index (χ4n) is 2.50. The molecule has 18 heavy (non-hydrogen) atoms. The van der Waals surface area contributed by atoms with Crippen LogP contribution in [0.1, 0.15) is 23.3 Å². The van der Waals surface area contributed by atoms with Crippen LogP contribution in [0.3, 0.4) is 0 Å². The van der Waals surface area contributed by atoms with Crippen LogP contribution in [0.4, 0.5) is 5.82 Å². The van der Waals surface area contributed by atoms with E-state index in [1.165, 1.54) is 13.3 Å². The lowest BCUT2D eigenvalue weighted by atomic mass is 10.2. The molecule has 2 saturated heterocycles. The van der Waals surface area contributed by atoms with E-state index in [9.17, 15) is 4.79 Å². The van der Waals surface area contributed by atoms with Gasteiger partial charge in [0.2, 0.25) is 0 Å². The van der Waals surface area contributed by atoms with E-state index in [-0.39, 0.29) is 5.69 Å². The average Bonchev–Trinajstić information content (AvgIpc) is 2.77. The normalized spacial score (nSPS) is 26.2. The van der Waals surface area contributed by atoms with Crippen molar-refractivity contribution in [3.63, 3.8) is 0 Å². The van der Waals surface area contributed by atoms with Crippen LogP contribution in [0.5, 0.6) is 0 Å². The summed E-state index contributed by atoms with van der Waals surface area (Å²) in [5.74, 6) is 0.332. The third kappa shape index (κ3) is 2.03. The summed E-state index contributed by atoms with van der Waals surface area (Å²) in [5.41, 5.74) is 0.234. The number of nitrogens with zero attached hydrogens (tertiary/aromatic N) is 3. The smallest absolute Gasteiger partial charge is 0.358 e. The third-order valence-electron chi connectivity index (χ3n) is 3.40. The van der Waals surface area contributed by atoms with E-state index in [2.05, 4.69) is 19.6 Å². The van der Waals surface area contributed by atoms with Crippen LogP contribution in [0.2, 0.25) is 0 Å². The molecule has 6 heteroatoms. The molecule has 2 aliphatic rings. The number of esters is 1. The Kier molecular flexibility index (Phi) is 2.87. The number of hydrogen-bond acceptors (Lipinski definition) is 6. The summed E-state index contributed by atoms with van der Waals surface area (Å²) in [6, 6.07) is 0. The van der Waals surface area contributed by atoms with Crippen molar-refractivity contribution in [1.29, 1.82) is 0 Å². The predicted molar refractivity (Wildman–Crippen MR) is 63.5 cm³/mol. The zero-order chi connectivity index (χ0) is 12.5. The van der Waals surface area contributed by atoms with Crippen molar-refractivity contribution in [2.75, 3.05) is 25.1 Å². The van der Waals surface area contributed by atoms with E-state index >= 15 is 0 Å². The summed E-state index contributed by atoms with van der Waals surface area (Å²) in [6.07, 6.45) is 5.94. The monoisotopic (exact) mass is 249 g/mol. The van der Waals surface area contributed by atoms with Gasteiger partial charge in [-0.1, -0.05) is 0 Å². The van der Waals surface area contributed by atoms with Crippen molar-refractivity contribution >= 4 is 11.8 Å². The van der Waals surface area contributed by atoms with Crippen LogP contribution in [0.15, 0.2) is 12.4 Å². The number of carbonyl (C=O) groups excluding carboxylic acids is 1. The van der Waals surface area contributed by atoms with Gasteiger partial charge in [0.15, 0.2) is 5.69 Å². The average molecular weight is 249 g/mol. The minimum Gasteiger partial charge on any atom is -0.464 e. The first-order valence-electron chi connectivity index (χ1n) is 6.07. The Morgan fingerprint density at radius 3 is 2.61 bits per heavy atom. The molecule has 0 spiro atoms.